The first-order valence-corrected chi connectivity index (χ1v) is 13.9. The van der Waals surface area contributed by atoms with Crippen molar-refractivity contribution in [2.45, 2.75) is 70.6 Å². The van der Waals surface area contributed by atoms with Gasteiger partial charge in [-0.2, -0.15) is 0 Å². The molecule has 0 heterocycles. The number of hydrogen-bond donors (Lipinski definition) is 8. The molecule has 0 aromatic rings. The van der Waals surface area contributed by atoms with Crippen LogP contribution < -0.4 is 26.0 Å². The molecule has 18 nitrogen and oxygen atoms in total. The normalized spacial score (nSPS) is 14.1. The molecule has 0 rings (SSSR count). The molecule has 4 atom stereocenters. The number of carbonyl (C=O) groups excluding carboxylic acids is 5. The minimum Gasteiger partial charge on any atom is -0.481 e. The Morgan fingerprint density at radius 1 is 0.683 bits per heavy atom. The van der Waals surface area contributed by atoms with Gasteiger partial charge in [-0.15, -0.1) is 0 Å². The zero-order valence-electron chi connectivity index (χ0n) is 22.8. The lowest BCUT2D eigenvalue weighted by Gasteiger charge is -2.27. The summed E-state index contributed by atoms with van der Waals surface area (Å²) in [5.74, 6) is -10.0. The van der Waals surface area contributed by atoms with Crippen LogP contribution in [0.5, 0.6) is 0 Å². The third-order valence-electron chi connectivity index (χ3n) is 5.19. The summed E-state index contributed by atoms with van der Waals surface area (Å²) in [5, 5.41) is 35.9. The van der Waals surface area contributed by atoms with E-state index < -0.39 is 120 Å². The van der Waals surface area contributed by atoms with Crippen LogP contribution in [-0.2, 0) is 48.4 Å². The van der Waals surface area contributed by atoms with Crippen LogP contribution in [0.1, 0.15) is 46.5 Å². The molecule has 0 aliphatic carbocycles. The Hall–Kier alpha value is -4.13. The molecule has 0 fully saturated rings. The van der Waals surface area contributed by atoms with Gasteiger partial charge in [-0.3, -0.25) is 38.4 Å². The summed E-state index contributed by atoms with van der Waals surface area (Å²) >= 11 is 0. The van der Waals surface area contributed by atoms with Gasteiger partial charge in [0.25, 0.3) is 0 Å². The van der Waals surface area contributed by atoms with E-state index in [1.165, 1.54) is 13.8 Å². The third kappa shape index (κ3) is 15.9. The summed E-state index contributed by atoms with van der Waals surface area (Å²) in [7, 11) is -3.83. The second-order valence-electron chi connectivity index (χ2n) is 9.29. The predicted octanol–water partition coefficient (Wildman–Crippen LogP) is -3.47. The SMILES string of the molecule is CC(=O)N[C@@H](CC(=O)O)C(=O)N[C@@H](CCC(=O)O)C(=O)N[C@H](C(=O)N[C@@H](CC(=O)O)C(=O)CNS(C)(=O)=O)C(C)C. The first-order chi connectivity index (χ1) is 18.7. The van der Waals surface area contributed by atoms with Crippen LogP contribution in [0.2, 0.25) is 0 Å². The van der Waals surface area contributed by atoms with Crippen LogP contribution in [0, 0.1) is 5.92 Å². The van der Waals surface area contributed by atoms with E-state index in [1.54, 1.807) is 0 Å². The van der Waals surface area contributed by atoms with Crippen LogP contribution in [0.25, 0.3) is 0 Å². The second-order valence-corrected chi connectivity index (χ2v) is 11.1. The molecule has 4 amide bonds. The Morgan fingerprint density at radius 3 is 1.61 bits per heavy atom. The van der Waals surface area contributed by atoms with E-state index in [2.05, 4.69) is 21.3 Å². The van der Waals surface area contributed by atoms with Crippen molar-refractivity contribution in [1.29, 1.82) is 0 Å². The van der Waals surface area contributed by atoms with Crippen LogP contribution in [-0.4, -0.2) is 108 Å². The number of sulfonamides is 1. The summed E-state index contributed by atoms with van der Waals surface area (Å²) in [6, 6.07) is -6.38. The van der Waals surface area contributed by atoms with E-state index in [9.17, 15) is 46.8 Å². The average molecular weight is 610 g/mol. The van der Waals surface area contributed by atoms with Gasteiger partial charge < -0.3 is 36.6 Å². The maximum absolute atomic E-state index is 13.0. The van der Waals surface area contributed by atoms with Gasteiger partial charge in [0.15, 0.2) is 5.78 Å². The molecule has 0 aliphatic heterocycles. The molecule has 0 bridgehead atoms. The van der Waals surface area contributed by atoms with E-state index in [0.717, 1.165) is 13.2 Å². The Balaban J connectivity index is 5.90. The first kappa shape index (κ1) is 36.9. The van der Waals surface area contributed by atoms with Crippen LogP contribution in [0.15, 0.2) is 0 Å². The average Bonchev–Trinajstić information content (AvgIpc) is 2.80. The lowest BCUT2D eigenvalue weighted by atomic mass is 10.0. The molecule has 0 aromatic carbocycles. The molecule has 8 N–H and O–H groups in total. The van der Waals surface area contributed by atoms with Crippen molar-refractivity contribution < 1.29 is 62.1 Å². The van der Waals surface area contributed by atoms with E-state index in [4.69, 9.17) is 15.3 Å². The molecule has 0 unspecified atom stereocenters. The first-order valence-electron chi connectivity index (χ1n) is 12.0. The smallest absolute Gasteiger partial charge is 0.305 e. The molecule has 0 spiro atoms. The molecular weight excluding hydrogens is 574 g/mol. The summed E-state index contributed by atoms with van der Waals surface area (Å²) in [6.45, 7) is 3.12. The summed E-state index contributed by atoms with van der Waals surface area (Å²) in [6.07, 6.45) is -2.16. The van der Waals surface area contributed by atoms with Gasteiger partial charge in [0, 0.05) is 13.3 Å². The highest BCUT2D eigenvalue weighted by atomic mass is 32.2. The molecule has 0 saturated carbocycles. The van der Waals surface area contributed by atoms with Gasteiger partial charge in [-0.25, -0.2) is 13.1 Å². The molecule has 0 aliphatic rings. The minimum absolute atomic E-state index is 0.503. The van der Waals surface area contributed by atoms with Gasteiger partial charge in [0.05, 0.1) is 31.7 Å². The zero-order chi connectivity index (χ0) is 32.1. The lowest BCUT2D eigenvalue weighted by molar-refractivity contribution is -0.142. The Bertz CT molecular complexity index is 1120. The zero-order valence-corrected chi connectivity index (χ0v) is 23.6. The van der Waals surface area contributed by atoms with Crippen LogP contribution >= 0.6 is 0 Å². The number of rotatable bonds is 19. The summed E-state index contributed by atoms with van der Waals surface area (Å²) in [5.41, 5.74) is 0. The lowest BCUT2D eigenvalue weighted by Crippen LogP contribution is -2.59. The van der Waals surface area contributed by atoms with Crippen molar-refractivity contribution in [3.63, 3.8) is 0 Å². The molecule has 232 valence electrons. The predicted molar refractivity (Wildman–Crippen MR) is 137 cm³/mol. The fourth-order valence-electron chi connectivity index (χ4n) is 3.23. The van der Waals surface area contributed by atoms with Crippen molar-refractivity contribution in [3.8, 4) is 0 Å². The van der Waals surface area contributed by atoms with Gasteiger partial charge in [-0.1, -0.05) is 13.8 Å². The van der Waals surface area contributed by atoms with Crippen LogP contribution in [0.3, 0.4) is 0 Å². The number of aliphatic carboxylic acids is 3. The molecule has 41 heavy (non-hydrogen) atoms. The summed E-state index contributed by atoms with van der Waals surface area (Å²) < 4.78 is 24.4. The maximum Gasteiger partial charge on any atom is 0.305 e. The van der Waals surface area contributed by atoms with Gasteiger partial charge >= 0.3 is 17.9 Å². The van der Waals surface area contributed by atoms with Crippen molar-refractivity contribution in [1.82, 2.24) is 26.0 Å². The van der Waals surface area contributed by atoms with E-state index in [-0.39, 0.29) is 0 Å². The van der Waals surface area contributed by atoms with E-state index >= 15 is 0 Å². The van der Waals surface area contributed by atoms with Crippen molar-refractivity contribution in [3.05, 3.63) is 0 Å². The highest BCUT2D eigenvalue weighted by molar-refractivity contribution is 7.88. The molecule has 0 aromatic heterocycles. The van der Waals surface area contributed by atoms with Crippen molar-refractivity contribution >= 4 is 57.3 Å². The quantitative estimate of drug-likeness (QED) is 0.0707. The van der Waals surface area contributed by atoms with Gasteiger partial charge in [0.2, 0.25) is 33.7 Å². The Morgan fingerprint density at radius 2 is 1.17 bits per heavy atom. The minimum atomic E-state index is -3.83. The largest absolute Gasteiger partial charge is 0.481 e. The number of hydrogen-bond acceptors (Lipinski definition) is 10. The van der Waals surface area contributed by atoms with E-state index in [0.29, 0.717) is 0 Å². The van der Waals surface area contributed by atoms with Crippen LogP contribution in [0.4, 0.5) is 0 Å². The van der Waals surface area contributed by atoms with Crippen molar-refractivity contribution in [2.24, 2.45) is 5.92 Å². The molecule has 19 heteroatoms. The topological polar surface area (TPSA) is 292 Å². The molecule has 0 radical (unpaired) electrons. The molecule has 0 saturated heterocycles. The standard InChI is InChI=1S/C22H35N5O13S/c1-10(2)19(22(38)26-13(7-17(32)33)15(29)9-23-41(4,39)40)27-20(36)12(5-6-16(30)31)25-21(37)14(8-18(34)35)24-11(3)28/h10,12-14,19,23H,5-9H2,1-4H3,(H,24,28)(H,25,37)(H,26,38)(H,27,36)(H,30,31)(H,32,33)(H,34,35)/t12-,13-,14-,19-/m0/s1. The number of nitrogens with one attached hydrogen (secondary N) is 5. The summed E-state index contributed by atoms with van der Waals surface area (Å²) in [4.78, 5) is 95.9. The molecular formula is C22H35N5O13S. The fraction of sp³-hybridized carbons (Fsp3) is 0.636. The Labute approximate surface area is 235 Å². The number of ketones is 1. The Kier molecular flexibility index (Phi) is 15.2. The monoisotopic (exact) mass is 609 g/mol. The second kappa shape index (κ2) is 16.9. The fourth-order valence-corrected chi connectivity index (χ4v) is 3.64. The van der Waals surface area contributed by atoms with E-state index in [1.807, 2.05) is 4.72 Å². The third-order valence-corrected chi connectivity index (χ3v) is 5.86. The maximum atomic E-state index is 13.0. The van der Waals surface area contributed by atoms with Crippen molar-refractivity contribution in [2.75, 3.05) is 12.8 Å². The number of carbonyl (C=O) groups is 8. The number of carboxylic acid groups (broad SMARTS) is 3. The van der Waals surface area contributed by atoms with Gasteiger partial charge in [-0.05, 0) is 12.3 Å². The number of carboxylic acids is 3. The number of amides is 4. The van der Waals surface area contributed by atoms with Gasteiger partial charge in [0.1, 0.15) is 18.1 Å². The highest BCUT2D eigenvalue weighted by Gasteiger charge is 2.33. The number of Topliss-reactive ketones (excluding diaryl/α,β-unsaturated/α-hetero) is 1. The highest BCUT2D eigenvalue weighted by Crippen LogP contribution is 2.08.